The van der Waals surface area contributed by atoms with E-state index in [1.165, 1.54) is 0 Å². The number of Topliss-reactive ketones (excluding diaryl/α,β-unsaturated/α-hetero) is 1. The van der Waals surface area contributed by atoms with Crippen molar-refractivity contribution in [1.29, 1.82) is 0 Å². The number of rotatable bonds is 1. The van der Waals surface area contributed by atoms with E-state index in [1.54, 1.807) is 29.2 Å². The molecule has 130 valence electrons. The molecule has 1 saturated heterocycles. The minimum Gasteiger partial charge on any atom is -0.484 e. The average Bonchev–Trinajstić information content (AvgIpc) is 2.97. The number of fused-ring (bicyclic) bond motifs is 1. The smallest absolute Gasteiger partial charge is 0.433 e. The van der Waals surface area contributed by atoms with E-state index in [1.807, 2.05) is 0 Å². The van der Waals surface area contributed by atoms with E-state index in [0.29, 0.717) is 24.3 Å². The summed E-state index contributed by atoms with van der Waals surface area (Å²) in [6.07, 6.45) is -2.71. The molecule has 1 aromatic carbocycles. The van der Waals surface area contributed by atoms with Crippen molar-refractivity contribution >= 4 is 11.7 Å². The molecule has 1 unspecified atom stereocenters. The van der Waals surface area contributed by atoms with E-state index in [4.69, 9.17) is 4.74 Å². The Balaban J connectivity index is 1.59. The van der Waals surface area contributed by atoms with Crippen LogP contribution in [-0.2, 0) is 6.18 Å². The first-order valence-corrected chi connectivity index (χ1v) is 7.83. The third-order valence-corrected chi connectivity index (χ3v) is 4.53. The maximum absolute atomic E-state index is 12.8. The molecule has 5 nitrogen and oxygen atoms in total. The molecule has 8 heteroatoms. The van der Waals surface area contributed by atoms with Crippen molar-refractivity contribution in [3.63, 3.8) is 0 Å². The van der Waals surface area contributed by atoms with E-state index in [9.17, 15) is 18.0 Å². The highest BCUT2D eigenvalue weighted by molar-refractivity contribution is 6.00. The van der Waals surface area contributed by atoms with Gasteiger partial charge < -0.3 is 9.64 Å². The quantitative estimate of drug-likeness (QED) is 0.792. The first kappa shape index (κ1) is 15.9. The number of benzene rings is 1. The van der Waals surface area contributed by atoms with Gasteiger partial charge in [-0.05, 0) is 18.2 Å². The highest BCUT2D eigenvalue weighted by Gasteiger charge is 2.46. The molecule has 2 aromatic rings. The summed E-state index contributed by atoms with van der Waals surface area (Å²) in [6.45, 7) is 0.700. The second kappa shape index (κ2) is 5.44. The van der Waals surface area contributed by atoms with Gasteiger partial charge in [-0.3, -0.25) is 4.79 Å². The number of alkyl halides is 3. The van der Waals surface area contributed by atoms with Crippen LogP contribution in [0.15, 0.2) is 36.5 Å². The molecule has 0 saturated carbocycles. The van der Waals surface area contributed by atoms with E-state index in [-0.39, 0.29) is 24.7 Å². The number of hydrogen-bond donors (Lipinski definition) is 0. The first-order chi connectivity index (χ1) is 11.9. The fourth-order valence-corrected chi connectivity index (χ4v) is 3.34. The third kappa shape index (κ3) is 2.81. The van der Waals surface area contributed by atoms with Crippen LogP contribution in [0.1, 0.15) is 28.9 Å². The first-order valence-electron chi connectivity index (χ1n) is 7.83. The Hall–Kier alpha value is -2.64. The second-order valence-electron chi connectivity index (χ2n) is 6.29. The van der Waals surface area contributed by atoms with Crippen LogP contribution >= 0.6 is 0 Å². The molecular formula is C17H14F3N3O2. The minimum atomic E-state index is -4.52. The predicted molar refractivity (Wildman–Crippen MR) is 82.6 cm³/mol. The lowest BCUT2D eigenvalue weighted by Gasteiger charge is -2.34. The second-order valence-corrected chi connectivity index (χ2v) is 6.29. The average molecular weight is 349 g/mol. The van der Waals surface area contributed by atoms with Crippen molar-refractivity contribution in [1.82, 2.24) is 9.97 Å². The fourth-order valence-electron chi connectivity index (χ4n) is 3.34. The lowest BCUT2D eigenvalue weighted by atomic mass is 9.89. The maximum atomic E-state index is 12.8. The van der Waals surface area contributed by atoms with Crippen LogP contribution in [-0.4, -0.2) is 34.4 Å². The van der Waals surface area contributed by atoms with Gasteiger partial charge in [-0.15, -0.1) is 0 Å². The van der Waals surface area contributed by atoms with Gasteiger partial charge in [0.2, 0.25) is 5.95 Å². The van der Waals surface area contributed by atoms with Crippen LogP contribution in [0.4, 0.5) is 19.1 Å². The Morgan fingerprint density at radius 3 is 2.80 bits per heavy atom. The highest BCUT2D eigenvalue weighted by Crippen LogP contribution is 2.39. The lowest BCUT2D eigenvalue weighted by Crippen LogP contribution is -2.44. The molecule has 1 fully saturated rings. The standard InChI is InChI=1S/C17H14F3N3O2/c18-17(19,20)14-5-7-21-15(22-14)23-8-6-16(10-23)9-12(24)11-3-1-2-4-13(11)25-16/h1-5,7H,6,8-10H2. The monoisotopic (exact) mass is 349 g/mol. The number of ketones is 1. The number of anilines is 1. The SMILES string of the molecule is O=C1CC2(CCN(c3nccc(C(F)(F)F)n3)C2)Oc2ccccc21. The number of aromatic nitrogens is 2. The zero-order valence-electron chi connectivity index (χ0n) is 13.1. The Morgan fingerprint density at radius 1 is 1.20 bits per heavy atom. The lowest BCUT2D eigenvalue weighted by molar-refractivity contribution is -0.141. The van der Waals surface area contributed by atoms with Crippen LogP contribution in [0.2, 0.25) is 0 Å². The van der Waals surface area contributed by atoms with Crippen molar-refractivity contribution < 1.29 is 22.7 Å². The molecule has 1 spiro atoms. The van der Waals surface area contributed by atoms with Crippen LogP contribution in [0.25, 0.3) is 0 Å². The number of carbonyl (C=O) groups is 1. The summed E-state index contributed by atoms with van der Waals surface area (Å²) in [4.78, 5) is 21.6. The number of ether oxygens (including phenoxy) is 1. The van der Waals surface area contributed by atoms with Crippen molar-refractivity contribution in [2.45, 2.75) is 24.6 Å². The number of carbonyl (C=O) groups excluding carboxylic acids is 1. The van der Waals surface area contributed by atoms with E-state index < -0.39 is 17.5 Å². The summed E-state index contributed by atoms with van der Waals surface area (Å²) in [5.41, 5.74) is -1.19. The molecule has 0 aliphatic carbocycles. The van der Waals surface area contributed by atoms with Gasteiger partial charge in [-0.2, -0.15) is 13.2 Å². The number of para-hydroxylation sites is 1. The molecule has 3 heterocycles. The van der Waals surface area contributed by atoms with Gasteiger partial charge >= 0.3 is 6.18 Å². The molecule has 0 N–H and O–H groups in total. The Morgan fingerprint density at radius 2 is 2.00 bits per heavy atom. The molecule has 1 aromatic heterocycles. The Labute approximate surface area is 141 Å². The predicted octanol–water partition coefficient (Wildman–Crippen LogP) is 3.11. The van der Waals surface area contributed by atoms with Crippen molar-refractivity contribution in [2.75, 3.05) is 18.0 Å². The van der Waals surface area contributed by atoms with Gasteiger partial charge in [0.25, 0.3) is 0 Å². The zero-order chi connectivity index (χ0) is 17.7. The summed E-state index contributed by atoms with van der Waals surface area (Å²) in [5.74, 6) is 0.501. The molecule has 1 atom stereocenters. The van der Waals surface area contributed by atoms with Gasteiger partial charge in [0, 0.05) is 19.2 Å². The van der Waals surface area contributed by atoms with Crippen LogP contribution in [0.3, 0.4) is 0 Å². The molecule has 0 radical (unpaired) electrons. The summed E-state index contributed by atoms with van der Waals surface area (Å²) in [7, 11) is 0. The molecule has 2 aliphatic heterocycles. The van der Waals surface area contributed by atoms with Crippen molar-refractivity contribution in [2.24, 2.45) is 0 Å². The topological polar surface area (TPSA) is 55.3 Å². The minimum absolute atomic E-state index is 0.00149. The summed E-state index contributed by atoms with van der Waals surface area (Å²) in [5, 5.41) is 0. The largest absolute Gasteiger partial charge is 0.484 e. The molecular weight excluding hydrogens is 335 g/mol. The Bertz CT molecular complexity index is 840. The molecule has 0 bridgehead atoms. The number of halogens is 3. The highest BCUT2D eigenvalue weighted by atomic mass is 19.4. The number of hydrogen-bond acceptors (Lipinski definition) is 5. The van der Waals surface area contributed by atoms with Crippen molar-refractivity contribution in [3.05, 3.63) is 47.8 Å². The molecule has 2 aliphatic rings. The van der Waals surface area contributed by atoms with Gasteiger partial charge in [-0.1, -0.05) is 12.1 Å². The van der Waals surface area contributed by atoms with Crippen molar-refractivity contribution in [3.8, 4) is 5.75 Å². The van der Waals surface area contributed by atoms with Crippen LogP contribution in [0, 0.1) is 0 Å². The van der Waals surface area contributed by atoms with Crippen LogP contribution in [0.5, 0.6) is 5.75 Å². The normalized spacial score (nSPS) is 22.8. The number of nitrogens with zero attached hydrogens (tertiary/aromatic N) is 3. The van der Waals surface area contributed by atoms with E-state index in [0.717, 1.165) is 12.3 Å². The van der Waals surface area contributed by atoms with Gasteiger partial charge in [0.1, 0.15) is 17.0 Å². The van der Waals surface area contributed by atoms with E-state index in [2.05, 4.69) is 9.97 Å². The fraction of sp³-hybridized carbons (Fsp3) is 0.353. The maximum Gasteiger partial charge on any atom is 0.433 e. The molecule has 25 heavy (non-hydrogen) atoms. The summed E-state index contributed by atoms with van der Waals surface area (Å²) >= 11 is 0. The van der Waals surface area contributed by atoms with Crippen LogP contribution < -0.4 is 9.64 Å². The summed E-state index contributed by atoms with van der Waals surface area (Å²) in [6, 6.07) is 7.85. The van der Waals surface area contributed by atoms with Gasteiger partial charge in [-0.25, -0.2) is 9.97 Å². The third-order valence-electron chi connectivity index (χ3n) is 4.53. The molecule has 0 amide bonds. The molecule has 4 rings (SSSR count). The Kier molecular flexibility index (Phi) is 3.45. The van der Waals surface area contributed by atoms with Gasteiger partial charge in [0.15, 0.2) is 5.78 Å². The van der Waals surface area contributed by atoms with E-state index >= 15 is 0 Å². The zero-order valence-corrected chi connectivity index (χ0v) is 13.1. The summed E-state index contributed by atoms with van der Waals surface area (Å²) < 4.78 is 44.6. The van der Waals surface area contributed by atoms with Gasteiger partial charge in [0.05, 0.1) is 18.5 Å².